The van der Waals surface area contributed by atoms with E-state index in [1.54, 1.807) is 32.9 Å². The molecule has 1 aromatic carbocycles. The van der Waals surface area contributed by atoms with Crippen LogP contribution in [-0.2, 0) is 23.8 Å². The van der Waals surface area contributed by atoms with Gasteiger partial charge in [0.15, 0.2) is 6.10 Å². The molecule has 0 aliphatic rings. The summed E-state index contributed by atoms with van der Waals surface area (Å²) in [6.45, 7) is 7.09. The van der Waals surface area contributed by atoms with Crippen LogP contribution in [0.25, 0.3) is 0 Å². The van der Waals surface area contributed by atoms with Crippen LogP contribution < -0.4 is 0 Å². The number of ether oxygens (including phenoxy) is 1. The third kappa shape index (κ3) is 4.31. The maximum Gasteiger partial charge on any atom is 0.337 e. The zero-order valence-electron chi connectivity index (χ0n) is 12.1. The molecule has 0 N–H and O–H groups in total. The average Bonchev–Trinajstić information content (AvgIpc) is 2.36. The van der Waals surface area contributed by atoms with Crippen molar-refractivity contribution in [1.82, 2.24) is 0 Å². The lowest BCUT2D eigenvalue weighted by atomic mass is 10.1. The van der Waals surface area contributed by atoms with Gasteiger partial charge < -0.3 is 4.74 Å². The number of hydrogen-bond donors (Lipinski definition) is 0. The molecule has 112 valence electrons. The largest absolute Gasteiger partial charge is 0.464 e. The number of carbonyl (C=O) groups is 1. The molecule has 0 fully saturated rings. The molecule has 0 spiro atoms. The van der Waals surface area contributed by atoms with Gasteiger partial charge in [-0.25, -0.2) is 4.79 Å². The van der Waals surface area contributed by atoms with Gasteiger partial charge in [0.05, 0.1) is 11.5 Å². The smallest absolute Gasteiger partial charge is 0.337 e. The molecule has 0 aromatic heterocycles. The first-order valence-electron chi connectivity index (χ1n) is 6.44. The monoisotopic (exact) mass is 300 g/mol. The summed E-state index contributed by atoms with van der Waals surface area (Å²) in [6.07, 6.45) is -1.14. The van der Waals surface area contributed by atoms with Gasteiger partial charge in [-0.15, -0.1) is 0 Å². The topological polar surface area (TPSA) is 69.7 Å². The Morgan fingerprint density at radius 2 is 1.75 bits per heavy atom. The second-order valence-corrected chi connectivity index (χ2v) is 6.35. The molecule has 0 saturated carbocycles. The third-order valence-electron chi connectivity index (χ3n) is 2.66. The maximum absolute atomic E-state index is 12.1. The molecule has 0 bridgehead atoms. The molecule has 1 atom stereocenters. The van der Waals surface area contributed by atoms with Crippen LogP contribution in [0.3, 0.4) is 0 Å². The minimum absolute atomic E-state index is 0.0260. The summed E-state index contributed by atoms with van der Waals surface area (Å²) in [5.41, 5.74) is 0.940. The van der Waals surface area contributed by atoms with Crippen LogP contribution in [0, 0.1) is 12.8 Å². The van der Waals surface area contributed by atoms with Crippen LogP contribution in [0.5, 0.6) is 0 Å². The summed E-state index contributed by atoms with van der Waals surface area (Å²) in [6, 6.07) is 6.25. The van der Waals surface area contributed by atoms with Crippen molar-refractivity contribution in [3.05, 3.63) is 29.8 Å². The van der Waals surface area contributed by atoms with Crippen molar-refractivity contribution >= 4 is 16.1 Å². The highest BCUT2D eigenvalue weighted by Crippen LogP contribution is 2.19. The molecule has 5 nitrogen and oxygen atoms in total. The van der Waals surface area contributed by atoms with Crippen LogP contribution >= 0.6 is 0 Å². The van der Waals surface area contributed by atoms with Gasteiger partial charge in [-0.2, -0.15) is 8.42 Å². The van der Waals surface area contributed by atoms with Gasteiger partial charge in [-0.05, 0) is 31.9 Å². The SMILES string of the molecule is CCOC(=O)C(OS(=O)(=O)c1ccc(C)cc1)C(C)C. The molecular weight excluding hydrogens is 280 g/mol. The summed E-state index contributed by atoms with van der Waals surface area (Å²) in [5.74, 6) is -0.979. The Bertz CT molecular complexity index is 545. The van der Waals surface area contributed by atoms with Crippen LogP contribution in [0.2, 0.25) is 0 Å². The molecule has 20 heavy (non-hydrogen) atoms. The first-order valence-corrected chi connectivity index (χ1v) is 7.85. The molecule has 0 aliphatic heterocycles. The zero-order chi connectivity index (χ0) is 15.3. The molecule has 1 rings (SSSR count). The summed E-state index contributed by atoms with van der Waals surface area (Å²) in [7, 11) is -3.99. The van der Waals surface area contributed by atoms with E-state index < -0.39 is 22.2 Å². The number of esters is 1. The van der Waals surface area contributed by atoms with E-state index in [1.807, 2.05) is 6.92 Å². The minimum atomic E-state index is -3.99. The van der Waals surface area contributed by atoms with E-state index in [2.05, 4.69) is 0 Å². The molecule has 6 heteroatoms. The first kappa shape index (κ1) is 16.7. The second-order valence-electron chi connectivity index (χ2n) is 4.78. The number of carbonyl (C=O) groups excluding carboxylic acids is 1. The second kappa shape index (κ2) is 6.85. The number of benzene rings is 1. The highest BCUT2D eigenvalue weighted by atomic mass is 32.2. The highest BCUT2D eigenvalue weighted by Gasteiger charge is 2.31. The molecule has 0 heterocycles. The van der Waals surface area contributed by atoms with Crippen molar-refractivity contribution in [3.8, 4) is 0 Å². The molecule has 0 aliphatic carbocycles. The van der Waals surface area contributed by atoms with E-state index in [4.69, 9.17) is 8.92 Å². The van der Waals surface area contributed by atoms with Crippen LogP contribution in [0.15, 0.2) is 29.2 Å². The quantitative estimate of drug-likeness (QED) is 0.595. The molecule has 0 radical (unpaired) electrons. The van der Waals surface area contributed by atoms with Crippen molar-refractivity contribution in [2.75, 3.05) is 6.61 Å². The summed E-state index contributed by atoms with van der Waals surface area (Å²) in [4.78, 5) is 11.8. The van der Waals surface area contributed by atoms with E-state index >= 15 is 0 Å². The lowest BCUT2D eigenvalue weighted by Crippen LogP contribution is -2.33. The van der Waals surface area contributed by atoms with Gasteiger partial charge in [-0.1, -0.05) is 31.5 Å². The lowest BCUT2D eigenvalue weighted by molar-refractivity contribution is -0.153. The summed E-state index contributed by atoms with van der Waals surface area (Å²) >= 11 is 0. The molecule has 0 amide bonds. The Hall–Kier alpha value is -1.40. The predicted octanol–water partition coefficient (Wildman–Crippen LogP) is 2.29. The maximum atomic E-state index is 12.1. The Kier molecular flexibility index (Phi) is 5.71. The van der Waals surface area contributed by atoms with Gasteiger partial charge in [-0.3, -0.25) is 4.18 Å². The van der Waals surface area contributed by atoms with Crippen LogP contribution in [0.1, 0.15) is 26.3 Å². The van der Waals surface area contributed by atoms with E-state index in [0.29, 0.717) is 0 Å². The standard InChI is InChI=1S/C14H20O5S/c1-5-18-14(15)13(10(2)3)19-20(16,17)12-8-6-11(4)7-9-12/h6-10,13H,5H2,1-4H3. The van der Waals surface area contributed by atoms with Gasteiger partial charge in [0.25, 0.3) is 10.1 Å². The van der Waals surface area contributed by atoms with Crippen molar-refractivity contribution in [2.45, 2.75) is 38.7 Å². The van der Waals surface area contributed by atoms with Crippen LogP contribution in [0.4, 0.5) is 0 Å². The van der Waals surface area contributed by atoms with Crippen molar-refractivity contribution in [2.24, 2.45) is 5.92 Å². The van der Waals surface area contributed by atoms with E-state index in [1.165, 1.54) is 12.1 Å². The number of aryl methyl sites for hydroxylation is 1. The first-order chi connectivity index (χ1) is 9.27. The summed E-state index contributed by atoms with van der Waals surface area (Å²) < 4.78 is 34.1. The fourth-order valence-corrected chi connectivity index (χ4v) is 2.70. The Labute approximate surface area is 120 Å². The number of rotatable bonds is 6. The average molecular weight is 300 g/mol. The molecule has 1 aromatic rings. The molecule has 0 saturated heterocycles. The van der Waals surface area contributed by atoms with E-state index in [0.717, 1.165) is 5.56 Å². The molecular formula is C14H20O5S. The van der Waals surface area contributed by atoms with Gasteiger partial charge in [0.1, 0.15) is 0 Å². The van der Waals surface area contributed by atoms with E-state index in [9.17, 15) is 13.2 Å². The minimum Gasteiger partial charge on any atom is -0.464 e. The Morgan fingerprint density at radius 1 is 1.20 bits per heavy atom. The highest BCUT2D eigenvalue weighted by molar-refractivity contribution is 7.86. The Balaban J connectivity index is 2.97. The van der Waals surface area contributed by atoms with Crippen molar-refractivity contribution in [3.63, 3.8) is 0 Å². The fraction of sp³-hybridized carbons (Fsp3) is 0.500. The van der Waals surface area contributed by atoms with Gasteiger partial charge in [0.2, 0.25) is 0 Å². The number of hydrogen-bond acceptors (Lipinski definition) is 5. The fourth-order valence-electron chi connectivity index (χ4n) is 1.54. The van der Waals surface area contributed by atoms with Gasteiger partial charge in [0, 0.05) is 0 Å². The summed E-state index contributed by atoms with van der Waals surface area (Å²) in [5, 5.41) is 0. The zero-order valence-corrected chi connectivity index (χ0v) is 12.9. The van der Waals surface area contributed by atoms with Crippen molar-refractivity contribution in [1.29, 1.82) is 0 Å². The lowest BCUT2D eigenvalue weighted by Gasteiger charge is -2.19. The van der Waals surface area contributed by atoms with Crippen molar-refractivity contribution < 1.29 is 22.1 Å². The van der Waals surface area contributed by atoms with E-state index in [-0.39, 0.29) is 17.4 Å². The Morgan fingerprint density at radius 3 is 2.20 bits per heavy atom. The predicted molar refractivity (Wildman–Crippen MR) is 74.7 cm³/mol. The van der Waals surface area contributed by atoms with Crippen LogP contribution in [-0.4, -0.2) is 27.1 Å². The third-order valence-corrected chi connectivity index (χ3v) is 3.97. The van der Waals surface area contributed by atoms with Gasteiger partial charge >= 0.3 is 5.97 Å². The normalized spacial score (nSPS) is 13.2. The molecule has 1 unspecified atom stereocenters.